The summed E-state index contributed by atoms with van der Waals surface area (Å²) in [6.45, 7) is 3.34. The van der Waals surface area contributed by atoms with Gasteiger partial charge in [0.15, 0.2) is 0 Å². The fraction of sp³-hybridized carbons (Fsp3) is 0.150. The fourth-order valence-electron chi connectivity index (χ4n) is 2.91. The van der Waals surface area contributed by atoms with Crippen molar-refractivity contribution in [1.82, 2.24) is 10.2 Å². The molecule has 0 aliphatic carbocycles. The number of amides is 2. The normalized spacial score (nSPS) is 19.3. The van der Waals surface area contributed by atoms with Gasteiger partial charge in [-0.1, -0.05) is 49.1 Å². The zero-order valence-electron chi connectivity index (χ0n) is 14.7. The SMILES string of the molecule is C=CCN1C(=O)[C@](NC(=O)c2ccccc2)(C(F)(F)F)[NH+]=C1c1ccccc1. The van der Waals surface area contributed by atoms with Gasteiger partial charge in [0.05, 0.1) is 5.56 Å². The Labute approximate surface area is 159 Å². The summed E-state index contributed by atoms with van der Waals surface area (Å²) in [6, 6.07) is 15.5. The molecular formula is C20H17F3N3O2+. The standard InChI is InChI=1S/C20H16F3N3O2/c1-2-13-26-16(14-9-5-3-6-10-14)24-19(18(26)28,20(21,22)23)25-17(27)15-11-7-4-8-12-15/h2-12H,1,13H2,(H,25,27)/p+1/t19-/m0/s1. The van der Waals surface area contributed by atoms with Crippen LogP contribution in [-0.2, 0) is 4.79 Å². The van der Waals surface area contributed by atoms with E-state index in [0.29, 0.717) is 5.56 Å². The Morgan fingerprint density at radius 3 is 2.21 bits per heavy atom. The van der Waals surface area contributed by atoms with Crippen LogP contribution >= 0.6 is 0 Å². The summed E-state index contributed by atoms with van der Waals surface area (Å²) in [7, 11) is 0. The van der Waals surface area contributed by atoms with Crippen molar-refractivity contribution in [1.29, 1.82) is 0 Å². The van der Waals surface area contributed by atoms with Gasteiger partial charge in [0, 0.05) is 5.56 Å². The van der Waals surface area contributed by atoms with Gasteiger partial charge in [-0.2, -0.15) is 18.1 Å². The number of rotatable bonds is 5. The van der Waals surface area contributed by atoms with Crippen LogP contribution in [0.2, 0.25) is 0 Å². The Balaban J connectivity index is 2.11. The second-order valence-corrected chi connectivity index (χ2v) is 6.11. The first-order chi connectivity index (χ1) is 13.3. The van der Waals surface area contributed by atoms with Crippen LogP contribution in [0.3, 0.4) is 0 Å². The van der Waals surface area contributed by atoms with Crippen molar-refractivity contribution in [3.8, 4) is 0 Å². The third kappa shape index (κ3) is 3.28. The first-order valence-electron chi connectivity index (χ1n) is 8.38. The van der Waals surface area contributed by atoms with E-state index in [1.165, 1.54) is 30.3 Å². The average molecular weight is 388 g/mol. The Morgan fingerprint density at radius 2 is 1.68 bits per heavy atom. The Kier molecular flexibility index (Phi) is 5.04. The molecule has 1 atom stereocenters. The summed E-state index contributed by atoms with van der Waals surface area (Å²) in [5.41, 5.74) is -2.91. The number of benzene rings is 2. The van der Waals surface area contributed by atoms with E-state index in [9.17, 15) is 22.8 Å². The highest BCUT2D eigenvalue weighted by Crippen LogP contribution is 2.30. The molecule has 0 saturated carbocycles. The number of hydrogen-bond acceptors (Lipinski definition) is 2. The second kappa shape index (κ2) is 7.30. The van der Waals surface area contributed by atoms with Gasteiger partial charge < -0.3 is 0 Å². The molecule has 8 heteroatoms. The molecule has 2 aromatic carbocycles. The van der Waals surface area contributed by atoms with E-state index < -0.39 is 23.7 Å². The number of amidine groups is 1. The molecule has 0 saturated heterocycles. The smallest absolute Gasteiger partial charge is 0.293 e. The van der Waals surface area contributed by atoms with E-state index in [4.69, 9.17) is 0 Å². The van der Waals surface area contributed by atoms with Crippen LogP contribution in [0.25, 0.3) is 0 Å². The van der Waals surface area contributed by atoms with Crippen molar-refractivity contribution < 1.29 is 27.8 Å². The van der Waals surface area contributed by atoms with E-state index in [2.05, 4.69) is 11.6 Å². The lowest BCUT2D eigenvalue weighted by Crippen LogP contribution is -2.96. The largest absolute Gasteiger partial charge is 0.465 e. The predicted molar refractivity (Wildman–Crippen MR) is 96.1 cm³/mol. The molecule has 0 radical (unpaired) electrons. The lowest BCUT2D eigenvalue weighted by molar-refractivity contribution is -0.580. The maximum atomic E-state index is 14.1. The third-order valence-electron chi connectivity index (χ3n) is 4.26. The fourth-order valence-corrected chi connectivity index (χ4v) is 2.91. The molecule has 0 aromatic heterocycles. The van der Waals surface area contributed by atoms with Gasteiger partial charge in [-0.05, 0) is 24.3 Å². The molecule has 5 nitrogen and oxygen atoms in total. The van der Waals surface area contributed by atoms with Gasteiger partial charge in [-0.15, -0.1) is 0 Å². The molecule has 0 spiro atoms. The zero-order valence-corrected chi connectivity index (χ0v) is 14.7. The summed E-state index contributed by atoms with van der Waals surface area (Å²) in [6.07, 6.45) is -3.78. The minimum atomic E-state index is -5.09. The van der Waals surface area contributed by atoms with Crippen molar-refractivity contribution in [3.63, 3.8) is 0 Å². The molecule has 0 unspecified atom stereocenters. The molecule has 144 valence electrons. The Hall–Kier alpha value is -3.42. The molecule has 0 bridgehead atoms. The minimum Gasteiger partial charge on any atom is -0.293 e. The third-order valence-corrected chi connectivity index (χ3v) is 4.26. The summed E-state index contributed by atoms with van der Waals surface area (Å²) in [4.78, 5) is 28.5. The van der Waals surface area contributed by atoms with E-state index >= 15 is 0 Å². The summed E-state index contributed by atoms with van der Waals surface area (Å²) >= 11 is 0. The van der Waals surface area contributed by atoms with Gasteiger partial charge in [0.2, 0.25) is 0 Å². The molecule has 2 N–H and O–H groups in total. The molecule has 1 heterocycles. The summed E-state index contributed by atoms with van der Waals surface area (Å²) in [5.74, 6) is -2.41. The van der Waals surface area contributed by atoms with Crippen LogP contribution in [0.1, 0.15) is 15.9 Å². The topological polar surface area (TPSA) is 63.4 Å². The summed E-state index contributed by atoms with van der Waals surface area (Å²) in [5, 5.41) is 1.87. The van der Waals surface area contributed by atoms with Crippen molar-refractivity contribution in [2.75, 3.05) is 6.54 Å². The van der Waals surface area contributed by atoms with E-state index in [1.54, 1.807) is 36.4 Å². The quantitative estimate of drug-likeness (QED) is 0.757. The van der Waals surface area contributed by atoms with Gasteiger partial charge in [-0.25, -0.2) is 9.79 Å². The van der Waals surface area contributed by atoms with Gasteiger partial charge >= 0.3 is 17.7 Å². The van der Waals surface area contributed by atoms with Gasteiger partial charge in [0.1, 0.15) is 6.54 Å². The zero-order chi connectivity index (χ0) is 20.4. The van der Waals surface area contributed by atoms with Crippen LogP contribution in [-0.4, -0.2) is 40.9 Å². The molecule has 2 amide bonds. The van der Waals surface area contributed by atoms with Crippen LogP contribution in [0.4, 0.5) is 13.2 Å². The molecule has 28 heavy (non-hydrogen) atoms. The molecule has 3 rings (SSSR count). The molecule has 0 fully saturated rings. The highest BCUT2D eigenvalue weighted by Gasteiger charge is 2.72. The van der Waals surface area contributed by atoms with Crippen molar-refractivity contribution in [2.45, 2.75) is 11.8 Å². The van der Waals surface area contributed by atoms with Crippen LogP contribution in [0.5, 0.6) is 0 Å². The van der Waals surface area contributed by atoms with Gasteiger partial charge in [-0.3, -0.25) is 10.1 Å². The van der Waals surface area contributed by atoms with Gasteiger partial charge in [0.25, 0.3) is 11.7 Å². The summed E-state index contributed by atoms with van der Waals surface area (Å²) < 4.78 is 42.2. The highest BCUT2D eigenvalue weighted by atomic mass is 19.4. The van der Waals surface area contributed by atoms with Crippen LogP contribution in [0.15, 0.2) is 73.3 Å². The first-order valence-corrected chi connectivity index (χ1v) is 8.38. The number of carbonyl (C=O) groups is 2. The van der Waals surface area contributed by atoms with Crippen LogP contribution < -0.4 is 10.3 Å². The number of nitrogens with one attached hydrogen (secondary N) is 2. The number of halogens is 3. The van der Waals surface area contributed by atoms with Crippen molar-refractivity contribution >= 4 is 17.6 Å². The first kappa shape index (κ1) is 19.3. The minimum absolute atomic E-state index is 0.00385. The van der Waals surface area contributed by atoms with Crippen molar-refractivity contribution in [3.05, 3.63) is 84.4 Å². The number of carbonyl (C=O) groups excluding carboxylic acids is 2. The van der Waals surface area contributed by atoms with Crippen LogP contribution in [0, 0.1) is 0 Å². The monoisotopic (exact) mass is 388 g/mol. The second-order valence-electron chi connectivity index (χ2n) is 6.11. The van der Waals surface area contributed by atoms with Crippen molar-refractivity contribution in [2.24, 2.45) is 0 Å². The molecule has 1 aliphatic heterocycles. The molecular weight excluding hydrogens is 371 g/mol. The average Bonchev–Trinajstić information content (AvgIpc) is 2.97. The van der Waals surface area contributed by atoms with E-state index in [0.717, 1.165) is 4.90 Å². The predicted octanol–water partition coefficient (Wildman–Crippen LogP) is 1.23. The van der Waals surface area contributed by atoms with E-state index in [-0.39, 0.29) is 17.9 Å². The number of nitrogens with zero attached hydrogens (tertiary/aromatic N) is 1. The maximum Gasteiger partial charge on any atom is 0.465 e. The Bertz CT molecular complexity index is 927. The lowest BCUT2D eigenvalue weighted by Gasteiger charge is -2.24. The number of alkyl halides is 3. The highest BCUT2D eigenvalue weighted by molar-refractivity contribution is 6.11. The van der Waals surface area contributed by atoms with E-state index in [1.807, 2.05) is 5.32 Å². The lowest BCUT2D eigenvalue weighted by atomic mass is 10.1. The molecule has 2 aromatic rings. The number of hydrogen-bond donors (Lipinski definition) is 2. The maximum absolute atomic E-state index is 14.1. The Morgan fingerprint density at radius 1 is 1.11 bits per heavy atom. The molecule has 1 aliphatic rings.